The minimum absolute atomic E-state index is 0.0735. The molecule has 2 aliphatic heterocycles. The SMILES string of the molecule is O=C([C@@H]1C[C@H](n2cnnn2)CN1Cc1cccc(Oc2ccc(Cl)cc2)c1)N1CCCCCC1. The van der Waals surface area contributed by atoms with Gasteiger partial charge in [0.05, 0.1) is 12.1 Å². The molecule has 0 saturated carbocycles. The number of benzene rings is 2. The number of rotatable bonds is 6. The first-order chi connectivity index (χ1) is 16.7. The zero-order chi connectivity index (χ0) is 23.3. The Bertz CT molecular complexity index is 1080. The Labute approximate surface area is 204 Å². The van der Waals surface area contributed by atoms with Gasteiger partial charge in [-0.15, -0.1) is 5.10 Å². The lowest BCUT2D eigenvalue weighted by atomic mass is 10.1. The standard InChI is InChI=1S/C25H29ClN6O2/c26-20-8-10-22(11-9-20)34-23-7-5-6-19(14-23)16-31-17-21(32-18-27-28-29-32)15-24(31)25(33)30-12-3-1-2-4-13-30/h5-11,14,18,21,24H,1-4,12-13,15-17H2/t21-,24-/m0/s1. The van der Waals surface area contributed by atoms with Crippen molar-refractivity contribution in [2.45, 2.75) is 50.7 Å². The van der Waals surface area contributed by atoms with Gasteiger partial charge >= 0.3 is 0 Å². The highest BCUT2D eigenvalue weighted by molar-refractivity contribution is 6.30. The van der Waals surface area contributed by atoms with Crippen LogP contribution in [0, 0.1) is 0 Å². The summed E-state index contributed by atoms with van der Waals surface area (Å²) in [5.41, 5.74) is 1.09. The first kappa shape index (κ1) is 22.8. The average Bonchev–Trinajstić information content (AvgIpc) is 3.44. The van der Waals surface area contributed by atoms with Crippen LogP contribution in [0.2, 0.25) is 5.02 Å². The van der Waals surface area contributed by atoms with Gasteiger partial charge in [-0.25, -0.2) is 4.68 Å². The van der Waals surface area contributed by atoms with Crippen LogP contribution in [0.5, 0.6) is 11.5 Å². The molecule has 2 saturated heterocycles. The van der Waals surface area contributed by atoms with Gasteiger partial charge in [0.1, 0.15) is 17.8 Å². The van der Waals surface area contributed by atoms with Crippen molar-refractivity contribution >= 4 is 17.5 Å². The van der Waals surface area contributed by atoms with Gasteiger partial charge in [-0.05, 0) is 71.7 Å². The predicted octanol–water partition coefficient (Wildman–Crippen LogP) is 4.34. The predicted molar refractivity (Wildman–Crippen MR) is 129 cm³/mol. The number of nitrogens with zero attached hydrogens (tertiary/aromatic N) is 6. The number of carbonyl (C=O) groups is 1. The van der Waals surface area contributed by atoms with Gasteiger partial charge in [0.25, 0.3) is 0 Å². The summed E-state index contributed by atoms with van der Waals surface area (Å²) in [5, 5.41) is 12.4. The van der Waals surface area contributed by atoms with Crippen LogP contribution in [-0.4, -0.2) is 61.6 Å². The van der Waals surface area contributed by atoms with E-state index < -0.39 is 0 Å². The van der Waals surface area contributed by atoms with Crippen molar-refractivity contribution < 1.29 is 9.53 Å². The fourth-order valence-corrected chi connectivity index (χ4v) is 5.05. The number of tetrazole rings is 1. The Morgan fingerprint density at radius 3 is 2.56 bits per heavy atom. The van der Waals surface area contributed by atoms with E-state index in [2.05, 4.69) is 31.4 Å². The van der Waals surface area contributed by atoms with Crippen LogP contribution in [0.4, 0.5) is 0 Å². The molecule has 9 heteroatoms. The number of halogens is 1. The maximum absolute atomic E-state index is 13.6. The monoisotopic (exact) mass is 480 g/mol. The molecule has 8 nitrogen and oxygen atoms in total. The second-order valence-electron chi connectivity index (χ2n) is 9.07. The Morgan fingerprint density at radius 1 is 1.03 bits per heavy atom. The van der Waals surface area contributed by atoms with Crippen molar-refractivity contribution in [1.82, 2.24) is 30.0 Å². The van der Waals surface area contributed by atoms with Gasteiger partial charge in [-0.1, -0.05) is 36.6 Å². The van der Waals surface area contributed by atoms with Gasteiger partial charge in [-0.3, -0.25) is 9.69 Å². The first-order valence-corrected chi connectivity index (χ1v) is 12.3. The summed E-state index contributed by atoms with van der Waals surface area (Å²) >= 11 is 5.98. The Morgan fingerprint density at radius 2 is 1.82 bits per heavy atom. The molecule has 178 valence electrons. The highest BCUT2D eigenvalue weighted by atomic mass is 35.5. The van der Waals surface area contributed by atoms with Crippen molar-refractivity contribution in [3.05, 3.63) is 65.4 Å². The molecule has 5 rings (SSSR count). The lowest BCUT2D eigenvalue weighted by molar-refractivity contribution is -0.136. The van der Waals surface area contributed by atoms with E-state index in [0.717, 1.165) is 49.5 Å². The molecule has 0 spiro atoms. The van der Waals surface area contributed by atoms with E-state index in [0.29, 0.717) is 18.0 Å². The van der Waals surface area contributed by atoms with Crippen LogP contribution >= 0.6 is 11.6 Å². The summed E-state index contributed by atoms with van der Waals surface area (Å²) in [5.74, 6) is 1.72. The minimum Gasteiger partial charge on any atom is -0.457 e. The number of aromatic nitrogens is 4. The minimum atomic E-state index is -0.187. The molecule has 1 amide bonds. The summed E-state index contributed by atoms with van der Waals surface area (Å²) in [4.78, 5) is 17.9. The largest absolute Gasteiger partial charge is 0.457 e. The summed E-state index contributed by atoms with van der Waals surface area (Å²) in [6.45, 7) is 3.07. The summed E-state index contributed by atoms with van der Waals surface area (Å²) in [6.07, 6.45) is 6.92. The molecule has 34 heavy (non-hydrogen) atoms. The number of amides is 1. The molecule has 2 aromatic carbocycles. The normalized spacial score (nSPS) is 21.4. The number of hydrogen-bond acceptors (Lipinski definition) is 6. The van der Waals surface area contributed by atoms with Crippen LogP contribution < -0.4 is 4.74 Å². The highest BCUT2D eigenvalue weighted by Gasteiger charge is 2.40. The fraction of sp³-hybridized carbons (Fsp3) is 0.440. The van der Waals surface area contributed by atoms with Crippen LogP contribution in [0.25, 0.3) is 0 Å². The lowest BCUT2D eigenvalue weighted by Crippen LogP contribution is -2.45. The van der Waals surface area contributed by atoms with Gasteiger partial charge in [0.2, 0.25) is 5.91 Å². The van der Waals surface area contributed by atoms with Crippen molar-refractivity contribution in [2.75, 3.05) is 19.6 Å². The molecule has 0 bridgehead atoms. The molecule has 0 radical (unpaired) electrons. The van der Waals surface area contributed by atoms with E-state index in [4.69, 9.17) is 16.3 Å². The molecule has 3 aromatic rings. The van der Waals surface area contributed by atoms with Gasteiger partial charge in [0, 0.05) is 31.2 Å². The van der Waals surface area contributed by atoms with Gasteiger partial charge in [0.15, 0.2) is 0 Å². The van der Waals surface area contributed by atoms with Crippen LogP contribution in [0.15, 0.2) is 54.9 Å². The maximum Gasteiger partial charge on any atom is 0.240 e. The molecular formula is C25H29ClN6O2. The molecule has 2 atom stereocenters. The van der Waals surface area contributed by atoms with Crippen LogP contribution in [0.1, 0.15) is 43.7 Å². The number of hydrogen-bond donors (Lipinski definition) is 0. The van der Waals surface area contributed by atoms with Gasteiger partial charge in [-0.2, -0.15) is 0 Å². The van der Waals surface area contributed by atoms with E-state index in [1.807, 2.05) is 42.5 Å². The second-order valence-corrected chi connectivity index (χ2v) is 9.50. The van der Waals surface area contributed by atoms with Crippen molar-refractivity contribution in [3.8, 4) is 11.5 Å². The first-order valence-electron chi connectivity index (χ1n) is 11.9. The topological polar surface area (TPSA) is 76.4 Å². The van der Waals surface area contributed by atoms with E-state index in [1.54, 1.807) is 11.0 Å². The summed E-state index contributed by atoms with van der Waals surface area (Å²) < 4.78 is 7.80. The summed E-state index contributed by atoms with van der Waals surface area (Å²) in [7, 11) is 0. The highest BCUT2D eigenvalue weighted by Crippen LogP contribution is 2.31. The fourth-order valence-electron chi connectivity index (χ4n) is 4.92. The number of carbonyl (C=O) groups excluding carboxylic acids is 1. The number of ether oxygens (including phenoxy) is 1. The molecule has 0 N–H and O–H groups in total. The van der Waals surface area contributed by atoms with Crippen molar-refractivity contribution in [3.63, 3.8) is 0 Å². The lowest BCUT2D eigenvalue weighted by Gasteiger charge is -2.29. The Hall–Kier alpha value is -2.97. The van der Waals surface area contributed by atoms with Crippen LogP contribution in [-0.2, 0) is 11.3 Å². The Kier molecular flexibility index (Phi) is 7.06. The third-order valence-corrected chi connectivity index (χ3v) is 6.91. The van der Waals surface area contributed by atoms with E-state index in [9.17, 15) is 4.79 Å². The molecule has 3 heterocycles. The molecular weight excluding hydrogens is 452 g/mol. The molecule has 2 aliphatic rings. The summed E-state index contributed by atoms with van der Waals surface area (Å²) in [6, 6.07) is 15.2. The second kappa shape index (κ2) is 10.5. The van der Waals surface area contributed by atoms with Gasteiger partial charge < -0.3 is 9.64 Å². The Balaban J connectivity index is 1.33. The maximum atomic E-state index is 13.6. The number of likely N-dealkylation sites (tertiary alicyclic amines) is 2. The smallest absolute Gasteiger partial charge is 0.240 e. The van der Waals surface area contributed by atoms with Crippen molar-refractivity contribution in [1.29, 1.82) is 0 Å². The van der Waals surface area contributed by atoms with E-state index >= 15 is 0 Å². The zero-order valence-corrected chi connectivity index (χ0v) is 19.8. The van der Waals surface area contributed by atoms with Crippen LogP contribution in [0.3, 0.4) is 0 Å². The molecule has 0 aliphatic carbocycles. The van der Waals surface area contributed by atoms with E-state index in [1.165, 1.54) is 12.8 Å². The third-order valence-electron chi connectivity index (χ3n) is 6.66. The molecule has 2 fully saturated rings. The zero-order valence-electron chi connectivity index (χ0n) is 19.1. The molecule has 0 unspecified atom stereocenters. The average molecular weight is 481 g/mol. The van der Waals surface area contributed by atoms with Crippen molar-refractivity contribution in [2.24, 2.45) is 0 Å². The van der Waals surface area contributed by atoms with E-state index in [-0.39, 0.29) is 18.0 Å². The quantitative estimate of drug-likeness (QED) is 0.522. The molecule has 1 aromatic heterocycles. The third kappa shape index (κ3) is 5.39.